The summed E-state index contributed by atoms with van der Waals surface area (Å²) in [7, 11) is 1.79. The van der Waals surface area contributed by atoms with E-state index >= 15 is 0 Å². The smallest absolute Gasteiger partial charge is 0.293 e. The topological polar surface area (TPSA) is 61.9 Å². The lowest BCUT2D eigenvalue weighted by Gasteiger charge is -2.13. The first kappa shape index (κ1) is 12.7. The number of aromatic nitrogens is 3. The number of nitrogens with zero attached hydrogens (tertiary/aromatic N) is 3. The molecule has 0 saturated heterocycles. The molecule has 1 rings (SSSR count). The molecule has 0 bridgehead atoms. The largest absolute Gasteiger partial charge is 0.339 e. The van der Waals surface area contributed by atoms with Gasteiger partial charge < -0.3 is 4.90 Å². The molecule has 16 heavy (non-hydrogen) atoms. The number of hydrogen-bond acceptors (Lipinski definition) is 3. The van der Waals surface area contributed by atoms with Gasteiger partial charge in [-0.05, 0) is 12.8 Å². The van der Waals surface area contributed by atoms with E-state index in [-0.39, 0.29) is 11.7 Å². The van der Waals surface area contributed by atoms with Crippen LogP contribution in [-0.4, -0.2) is 39.6 Å². The Morgan fingerprint density at radius 1 is 1.38 bits per heavy atom. The van der Waals surface area contributed by atoms with Gasteiger partial charge in [-0.3, -0.25) is 9.89 Å². The number of amides is 1. The van der Waals surface area contributed by atoms with Crippen molar-refractivity contribution in [3.63, 3.8) is 0 Å². The van der Waals surface area contributed by atoms with Gasteiger partial charge in [0.15, 0.2) is 0 Å². The van der Waals surface area contributed by atoms with E-state index in [1.807, 2.05) is 0 Å². The Kier molecular flexibility index (Phi) is 4.95. The monoisotopic (exact) mass is 224 g/mol. The lowest BCUT2D eigenvalue weighted by molar-refractivity contribution is 0.0781. The van der Waals surface area contributed by atoms with E-state index in [0.29, 0.717) is 0 Å². The van der Waals surface area contributed by atoms with E-state index in [2.05, 4.69) is 29.0 Å². The molecule has 0 saturated carbocycles. The number of nitrogens with one attached hydrogen (secondary N) is 1. The third-order valence-electron chi connectivity index (χ3n) is 2.40. The SMILES string of the molecule is CCCCN(C)C(=O)c1n[nH]c(CCC)n1. The molecule has 5 heteroatoms. The van der Waals surface area contributed by atoms with Crippen molar-refractivity contribution in [3.8, 4) is 0 Å². The Balaban J connectivity index is 2.57. The van der Waals surface area contributed by atoms with Crippen LogP contribution in [0.25, 0.3) is 0 Å². The number of hydrogen-bond donors (Lipinski definition) is 1. The second-order valence-corrected chi connectivity index (χ2v) is 3.94. The van der Waals surface area contributed by atoms with Gasteiger partial charge in [0.1, 0.15) is 5.82 Å². The number of carbonyl (C=O) groups is 1. The van der Waals surface area contributed by atoms with Crippen molar-refractivity contribution < 1.29 is 4.79 Å². The summed E-state index contributed by atoms with van der Waals surface area (Å²) in [6, 6.07) is 0. The van der Waals surface area contributed by atoms with Crippen LogP contribution in [-0.2, 0) is 6.42 Å². The molecule has 1 aromatic heterocycles. The van der Waals surface area contributed by atoms with E-state index < -0.39 is 0 Å². The zero-order chi connectivity index (χ0) is 12.0. The van der Waals surface area contributed by atoms with Crippen LogP contribution in [0.1, 0.15) is 49.6 Å². The highest BCUT2D eigenvalue weighted by Gasteiger charge is 2.16. The summed E-state index contributed by atoms with van der Waals surface area (Å²) in [6.45, 7) is 4.93. The molecule has 90 valence electrons. The molecular weight excluding hydrogens is 204 g/mol. The molecule has 0 fully saturated rings. The second-order valence-electron chi connectivity index (χ2n) is 3.94. The number of carbonyl (C=O) groups excluding carboxylic acids is 1. The molecule has 0 spiro atoms. The van der Waals surface area contributed by atoms with Gasteiger partial charge >= 0.3 is 0 Å². The first-order chi connectivity index (χ1) is 7.69. The van der Waals surface area contributed by atoms with Crippen molar-refractivity contribution in [3.05, 3.63) is 11.6 Å². The zero-order valence-corrected chi connectivity index (χ0v) is 10.3. The average Bonchev–Trinajstić information content (AvgIpc) is 2.74. The quantitative estimate of drug-likeness (QED) is 0.798. The summed E-state index contributed by atoms with van der Waals surface area (Å²) in [5, 5.41) is 6.73. The zero-order valence-electron chi connectivity index (χ0n) is 10.3. The Morgan fingerprint density at radius 2 is 2.12 bits per heavy atom. The van der Waals surface area contributed by atoms with Crippen molar-refractivity contribution in [1.82, 2.24) is 20.1 Å². The Labute approximate surface area is 96.3 Å². The van der Waals surface area contributed by atoms with Crippen molar-refractivity contribution >= 4 is 5.91 Å². The van der Waals surface area contributed by atoms with Crippen molar-refractivity contribution in [2.75, 3.05) is 13.6 Å². The minimum atomic E-state index is -0.105. The number of aromatic amines is 1. The lowest BCUT2D eigenvalue weighted by Crippen LogP contribution is -2.28. The lowest BCUT2D eigenvalue weighted by atomic mass is 10.3. The summed E-state index contributed by atoms with van der Waals surface area (Å²) in [4.78, 5) is 17.7. The van der Waals surface area contributed by atoms with Crippen LogP contribution in [0, 0.1) is 0 Å². The van der Waals surface area contributed by atoms with Crippen LogP contribution in [0.15, 0.2) is 0 Å². The van der Waals surface area contributed by atoms with Gasteiger partial charge in [-0.2, -0.15) is 0 Å². The van der Waals surface area contributed by atoms with Gasteiger partial charge in [0.25, 0.3) is 5.91 Å². The molecule has 1 heterocycles. The summed E-state index contributed by atoms with van der Waals surface area (Å²) in [5.74, 6) is 0.962. The normalized spacial score (nSPS) is 10.4. The minimum absolute atomic E-state index is 0.105. The molecule has 0 aliphatic rings. The number of rotatable bonds is 6. The molecule has 0 aromatic carbocycles. The highest BCUT2D eigenvalue weighted by atomic mass is 16.2. The van der Waals surface area contributed by atoms with Crippen LogP contribution in [0.3, 0.4) is 0 Å². The Morgan fingerprint density at radius 3 is 2.75 bits per heavy atom. The fourth-order valence-corrected chi connectivity index (χ4v) is 1.41. The van der Waals surface area contributed by atoms with E-state index in [1.54, 1.807) is 11.9 Å². The Bertz CT molecular complexity index is 334. The molecular formula is C11H20N4O. The van der Waals surface area contributed by atoms with Crippen LogP contribution < -0.4 is 0 Å². The molecule has 0 radical (unpaired) electrons. The highest BCUT2D eigenvalue weighted by Crippen LogP contribution is 2.01. The van der Waals surface area contributed by atoms with Crippen LogP contribution in [0.5, 0.6) is 0 Å². The predicted octanol–water partition coefficient (Wildman–Crippen LogP) is 1.63. The van der Waals surface area contributed by atoms with Crippen molar-refractivity contribution in [2.45, 2.75) is 39.5 Å². The maximum absolute atomic E-state index is 11.8. The van der Waals surface area contributed by atoms with Gasteiger partial charge in [-0.25, -0.2) is 4.98 Å². The molecule has 0 aliphatic carbocycles. The summed E-state index contributed by atoms with van der Waals surface area (Å²) < 4.78 is 0. The van der Waals surface area contributed by atoms with Crippen molar-refractivity contribution in [2.24, 2.45) is 0 Å². The molecule has 0 aliphatic heterocycles. The molecule has 0 unspecified atom stereocenters. The van der Waals surface area contributed by atoms with E-state index in [0.717, 1.165) is 38.1 Å². The number of H-pyrrole nitrogens is 1. The molecule has 1 N–H and O–H groups in total. The molecule has 5 nitrogen and oxygen atoms in total. The fraction of sp³-hybridized carbons (Fsp3) is 0.727. The number of aryl methyl sites for hydroxylation is 1. The standard InChI is InChI=1S/C11H20N4O/c1-4-6-8-15(3)11(16)10-12-9(7-5-2)13-14-10/h4-8H2,1-3H3,(H,12,13,14). The highest BCUT2D eigenvalue weighted by molar-refractivity contribution is 5.90. The van der Waals surface area contributed by atoms with E-state index in [4.69, 9.17) is 0 Å². The number of unbranched alkanes of at least 4 members (excludes halogenated alkanes) is 1. The first-order valence-electron chi connectivity index (χ1n) is 5.85. The summed E-state index contributed by atoms with van der Waals surface area (Å²) in [5.41, 5.74) is 0. The summed E-state index contributed by atoms with van der Waals surface area (Å²) in [6.07, 6.45) is 3.91. The second kappa shape index (κ2) is 6.25. The maximum Gasteiger partial charge on any atom is 0.293 e. The Hall–Kier alpha value is -1.39. The first-order valence-corrected chi connectivity index (χ1v) is 5.85. The minimum Gasteiger partial charge on any atom is -0.339 e. The predicted molar refractivity (Wildman–Crippen MR) is 62.2 cm³/mol. The van der Waals surface area contributed by atoms with Gasteiger partial charge in [-0.1, -0.05) is 20.3 Å². The van der Waals surface area contributed by atoms with Crippen LogP contribution >= 0.6 is 0 Å². The van der Waals surface area contributed by atoms with Gasteiger partial charge in [0.05, 0.1) is 0 Å². The van der Waals surface area contributed by atoms with Crippen molar-refractivity contribution in [1.29, 1.82) is 0 Å². The third kappa shape index (κ3) is 3.32. The van der Waals surface area contributed by atoms with Gasteiger partial charge in [0, 0.05) is 20.0 Å². The molecule has 0 atom stereocenters. The average molecular weight is 224 g/mol. The molecule has 1 amide bonds. The molecule has 1 aromatic rings. The van der Waals surface area contributed by atoms with Crippen LogP contribution in [0.2, 0.25) is 0 Å². The van der Waals surface area contributed by atoms with E-state index in [9.17, 15) is 4.79 Å². The van der Waals surface area contributed by atoms with Gasteiger partial charge in [-0.15, -0.1) is 5.10 Å². The van der Waals surface area contributed by atoms with E-state index in [1.165, 1.54) is 0 Å². The third-order valence-corrected chi connectivity index (χ3v) is 2.40. The fourth-order valence-electron chi connectivity index (χ4n) is 1.41. The van der Waals surface area contributed by atoms with Gasteiger partial charge in [0.2, 0.25) is 5.82 Å². The van der Waals surface area contributed by atoms with Crippen LogP contribution in [0.4, 0.5) is 0 Å². The maximum atomic E-state index is 11.8. The summed E-state index contributed by atoms with van der Waals surface area (Å²) >= 11 is 0.